The van der Waals surface area contributed by atoms with Crippen LogP contribution in [-0.4, -0.2) is 0 Å². The molecule has 0 nitrogen and oxygen atoms in total. The molecule has 0 fully saturated rings. The van der Waals surface area contributed by atoms with Crippen molar-refractivity contribution in [1.82, 2.24) is 0 Å². The standard InChI is InChI=1S/C45H92/c1-4-7-10-12-14-16-18-20-22-23-24-25-26-28-30-32-34-36-38-41-44-45(42-39-9-6-3)43-40-37-35-33-31-29-27-21-19-17-15-13-11-8-5-2/h45H,4-44H2,1-3H3. The highest BCUT2D eigenvalue weighted by atomic mass is 14.1. The number of unbranched alkanes of at least 4 members (excludes halogenated alkanes) is 35. The second-order valence-corrected chi connectivity index (χ2v) is 15.6. The van der Waals surface area contributed by atoms with Crippen molar-refractivity contribution in [2.45, 2.75) is 284 Å². The highest BCUT2D eigenvalue weighted by molar-refractivity contribution is 4.62. The summed E-state index contributed by atoms with van der Waals surface area (Å²) in [5, 5.41) is 0. The molecule has 0 rings (SSSR count). The third-order valence-corrected chi connectivity index (χ3v) is 10.9. The van der Waals surface area contributed by atoms with Crippen LogP contribution < -0.4 is 0 Å². The largest absolute Gasteiger partial charge is 0.0654 e. The van der Waals surface area contributed by atoms with Crippen LogP contribution in [0.2, 0.25) is 0 Å². The normalized spacial score (nSPS) is 12.3. The monoisotopic (exact) mass is 633 g/mol. The molecule has 0 N–H and O–H groups in total. The first-order valence-corrected chi connectivity index (χ1v) is 22.3. The Bertz CT molecular complexity index is 480. The van der Waals surface area contributed by atoms with Gasteiger partial charge in [-0.2, -0.15) is 0 Å². The van der Waals surface area contributed by atoms with Gasteiger partial charge in [0.15, 0.2) is 0 Å². The zero-order chi connectivity index (χ0) is 32.6. The van der Waals surface area contributed by atoms with Crippen LogP contribution in [0.1, 0.15) is 284 Å². The van der Waals surface area contributed by atoms with Crippen LogP contribution in [0.4, 0.5) is 0 Å². The van der Waals surface area contributed by atoms with Gasteiger partial charge in [0.1, 0.15) is 0 Å². The molecule has 272 valence electrons. The van der Waals surface area contributed by atoms with E-state index in [0.29, 0.717) is 0 Å². The SMILES string of the molecule is CCCCCCCCCCCCCCCCCCCCCCC(CCCCC)CCCCCCCCCCCCCCCCC. The summed E-state index contributed by atoms with van der Waals surface area (Å²) in [6.07, 6.45) is 60.8. The number of hydrogen-bond donors (Lipinski definition) is 0. The molecular formula is C45H92. The van der Waals surface area contributed by atoms with Crippen molar-refractivity contribution in [2.75, 3.05) is 0 Å². The van der Waals surface area contributed by atoms with Gasteiger partial charge in [-0.15, -0.1) is 0 Å². The summed E-state index contributed by atoms with van der Waals surface area (Å²) in [6.45, 7) is 6.99. The molecule has 0 aromatic carbocycles. The Morgan fingerprint density at radius 1 is 0.178 bits per heavy atom. The summed E-state index contributed by atoms with van der Waals surface area (Å²) >= 11 is 0. The summed E-state index contributed by atoms with van der Waals surface area (Å²) in [7, 11) is 0. The predicted molar refractivity (Wildman–Crippen MR) is 210 cm³/mol. The third kappa shape index (κ3) is 40.1. The van der Waals surface area contributed by atoms with Gasteiger partial charge in [-0.25, -0.2) is 0 Å². The fourth-order valence-corrected chi connectivity index (χ4v) is 7.61. The van der Waals surface area contributed by atoms with E-state index in [9.17, 15) is 0 Å². The molecule has 0 bridgehead atoms. The molecule has 0 aromatic heterocycles. The molecule has 1 unspecified atom stereocenters. The quantitative estimate of drug-likeness (QED) is 0.0588. The Kier molecular flexibility index (Phi) is 42.0. The van der Waals surface area contributed by atoms with Crippen LogP contribution in [0.3, 0.4) is 0 Å². The van der Waals surface area contributed by atoms with Crippen LogP contribution in [-0.2, 0) is 0 Å². The molecule has 0 heteroatoms. The van der Waals surface area contributed by atoms with Crippen LogP contribution in [0.25, 0.3) is 0 Å². The lowest BCUT2D eigenvalue weighted by Crippen LogP contribution is -2.01. The predicted octanol–water partition coefficient (Wildman–Crippen LogP) is 17.7. The zero-order valence-corrected chi connectivity index (χ0v) is 32.6. The molecule has 0 aliphatic heterocycles. The van der Waals surface area contributed by atoms with E-state index in [1.807, 2.05) is 0 Å². The molecule has 1 atom stereocenters. The maximum atomic E-state index is 2.36. The Hall–Kier alpha value is 0. The summed E-state index contributed by atoms with van der Waals surface area (Å²) in [6, 6.07) is 0. The average Bonchev–Trinajstić information content (AvgIpc) is 3.05. The molecule has 0 radical (unpaired) electrons. The Morgan fingerprint density at radius 2 is 0.311 bits per heavy atom. The third-order valence-electron chi connectivity index (χ3n) is 10.9. The molecule has 0 amide bonds. The molecule has 0 spiro atoms. The fraction of sp³-hybridized carbons (Fsp3) is 1.00. The van der Waals surface area contributed by atoms with E-state index in [2.05, 4.69) is 20.8 Å². The van der Waals surface area contributed by atoms with Gasteiger partial charge in [-0.05, 0) is 5.92 Å². The molecular weight excluding hydrogens is 540 g/mol. The van der Waals surface area contributed by atoms with E-state index < -0.39 is 0 Å². The molecule has 45 heavy (non-hydrogen) atoms. The molecule has 0 aliphatic carbocycles. The van der Waals surface area contributed by atoms with Gasteiger partial charge in [-0.1, -0.05) is 284 Å². The second-order valence-electron chi connectivity index (χ2n) is 15.6. The maximum absolute atomic E-state index is 2.36. The summed E-state index contributed by atoms with van der Waals surface area (Å²) in [5.74, 6) is 1.04. The van der Waals surface area contributed by atoms with Crippen molar-refractivity contribution in [2.24, 2.45) is 5.92 Å². The molecule has 0 heterocycles. The van der Waals surface area contributed by atoms with Crippen molar-refractivity contribution < 1.29 is 0 Å². The van der Waals surface area contributed by atoms with Gasteiger partial charge >= 0.3 is 0 Å². The van der Waals surface area contributed by atoms with Crippen molar-refractivity contribution in [3.63, 3.8) is 0 Å². The number of hydrogen-bond acceptors (Lipinski definition) is 0. The summed E-state index contributed by atoms with van der Waals surface area (Å²) in [5.41, 5.74) is 0. The van der Waals surface area contributed by atoms with Crippen molar-refractivity contribution in [1.29, 1.82) is 0 Å². The van der Waals surface area contributed by atoms with Crippen LogP contribution in [0, 0.1) is 5.92 Å². The minimum absolute atomic E-state index is 1.04. The Labute approximate surface area is 289 Å². The van der Waals surface area contributed by atoms with Crippen LogP contribution >= 0.6 is 0 Å². The summed E-state index contributed by atoms with van der Waals surface area (Å²) < 4.78 is 0. The molecule has 0 aromatic rings. The van der Waals surface area contributed by atoms with Gasteiger partial charge in [-0.3, -0.25) is 0 Å². The Balaban J connectivity index is 3.49. The second kappa shape index (κ2) is 42.0. The highest BCUT2D eigenvalue weighted by Gasteiger charge is 2.08. The van der Waals surface area contributed by atoms with Gasteiger partial charge in [0.25, 0.3) is 0 Å². The van der Waals surface area contributed by atoms with Gasteiger partial charge < -0.3 is 0 Å². The van der Waals surface area contributed by atoms with Crippen LogP contribution in [0.15, 0.2) is 0 Å². The van der Waals surface area contributed by atoms with E-state index in [1.165, 1.54) is 263 Å². The van der Waals surface area contributed by atoms with Gasteiger partial charge in [0.2, 0.25) is 0 Å². The van der Waals surface area contributed by atoms with Crippen molar-refractivity contribution in [3.05, 3.63) is 0 Å². The van der Waals surface area contributed by atoms with Crippen molar-refractivity contribution in [3.8, 4) is 0 Å². The maximum Gasteiger partial charge on any atom is -0.0414 e. The molecule has 0 saturated carbocycles. The Morgan fingerprint density at radius 3 is 0.511 bits per heavy atom. The first-order chi connectivity index (χ1) is 22.3. The van der Waals surface area contributed by atoms with Crippen LogP contribution in [0.5, 0.6) is 0 Å². The molecule has 0 saturated heterocycles. The van der Waals surface area contributed by atoms with E-state index in [4.69, 9.17) is 0 Å². The topological polar surface area (TPSA) is 0 Å². The first kappa shape index (κ1) is 45.0. The van der Waals surface area contributed by atoms with Crippen molar-refractivity contribution >= 4 is 0 Å². The highest BCUT2D eigenvalue weighted by Crippen LogP contribution is 2.25. The lowest BCUT2D eigenvalue weighted by atomic mass is 9.89. The fourth-order valence-electron chi connectivity index (χ4n) is 7.61. The van der Waals surface area contributed by atoms with Gasteiger partial charge in [0.05, 0.1) is 0 Å². The lowest BCUT2D eigenvalue weighted by Gasteiger charge is -2.17. The first-order valence-electron chi connectivity index (χ1n) is 22.3. The van der Waals surface area contributed by atoms with Gasteiger partial charge in [0, 0.05) is 0 Å². The lowest BCUT2D eigenvalue weighted by molar-refractivity contribution is 0.367. The van der Waals surface area contributed by atoms with E-state index in [0.717, 1.165) is 5.92 Å². The molecule has 0 aliphatic rings. The van der Waals surface area contributed by atoms with E-state index in [-0.39, 0.29) is 0 Å². The number of rotatable bonds is 41. The minimum Gasteiger partial charge on any atom is -0.0654 e. The minimum atomic E-state index is 1.04. The summed E-state index contributed by atoms with van der Waals surface area (Å²) in [4.78, 5) is 0. The average molecular weight is 633 g/mol. The van der Waals surface area contributed by atoms with E-state index >= 15 is 0 Å². The van der Waals surface area contributed by atoms with E-state index in [1.54, 1.807) is 0 Å². The zero-order valence-electron chi connectivity index (χ0n) is 32.6. The smallest absolute Gasteiger partial charge is 0.0414 e.